The van der Waals surface area contributed by atoms with Crippen molar-refractivity contribution in [1.82, 2.24) is 14.9 Å². The van der Waals surface area contributed by atoms with Crippen LogP contribution in [-0.2, 0) is 6.42 Å². The zero-order valence-corrected chi connectivity index (χ0v) is 15.5. The fraction of sp³-hybridized carbons (Fsp3) is 0.333. The molecule has 2 heterocycles. The molecule has 1 aromatic heterocycles. The van der Waals surface area contributed by atoms with Crippen LogP contribution in [0.3, 0.4) is 0 Å². The minimum atomic E-state index is -0.362. The van der Waals surface area contributed by atoms with Crippen LogP contribution in [0.15, 0.2) is 35.3 Å². The molecule has 1 aliphatic heterocycles. The summed E-state index contributed by atoms with van der Waals surface area (Å²) in [5, 5.41) is 12.2. The highest BCUT2D eigenvalue weighted by molar-refractivity contribution is 6.31. The Balaban J connectivity index is 0.00000117. The molecule has 0 fully saturated rings. The maximum Gasteiger partial charge on any atom is 0.331 e. The van der Waals surface area contributed by atoms with Crippen molar-refractivity contribution >= 4 is 17.4 Å². The Morgan fingerprint density at radius 3 is 2.69 bits per heavy atom. The average molecular weight is 375 g/mol. The summed E-state index contributed by atoms with van der Waals surface area (Å²) in [7, 11) is 0. The summed E-state index contributed by atoms with van der Waals surface area (Å²) < 4.78 is 1.48. The maximum absolute atomic E-state index is 12.3. The lowest BCUT2D eigenvalue weighted by Crippen LogP contribution is -2.36. The van der Waals surface area contributed by atoms with Gasteiger partial charge in [0.1, 0.15) is 5.82 Å². The molecule has 0 saturated heterocycles. The summed E-state index contributed by atoms with van der Waals surface area (Å²) in [4.78, 5) is 15.0. The van der Waals surface area contributed by atoms with Gasteiger partial charge in [-0.1, -0.05) is 37.6 Å². The van der Waals surface area contributed by atoms with Crippen molar-refractivity contribution in [2.45, 2.75) is 38.8 Å². The summed E-state index contributed by atoms with van der Waals surface area (Å²) in [5.74, 6) is 0.0412. The van der Waals surface area contributed by atoms with E-state index in [9.17, 15) is 4.79 Å². The molecule has 26 heavy (non-hydrogen) atoms. The summed E-state index contributed by atoms with van der Waals surface area (Å²) in [6.07, 6.45) is 4.19. The van der Waals surface area contributed by atoms with E-state index in [0.29, 0.717) is 29.2 Å². The third kappa shape index (κ3) is 3.77. The number of anilines is 1. The zero-order chi connectivity index (χ0) is 19.3. The quantitative estimate of drug-likeness (QED) is 0.653. The number of hydrogen-bond donors (Lipinski definition) is 4. The van der Waals surface area contributed by atoms with Gasteiger partial charge >= 0.3 is 5.69 Å². The normalized spacial score (nSPS) is 18.0. The van der Waals surface area contributed by atoms with Crippen LogP contribution in [0.25, 0.3) is 5.69 Å². The van der Waals surface area contributed by atoms with Crippen molar-refractivity contribution in [3.8, 4) is 11.8 Å². The van der Waals surface area contributed by atoms with E-state index in [1.54, 1.807) is 18.3 Å². The SMILES string of the molecule is CC.N#CCCc1ccc(-n2c(C3C=CNC3N)c(N)[nH]c2=O)cc1Cl. The number of nitrogen functional groups attached to an aromatic ring is 1. The highest BCUT2D eigenvalue weighted by atomic mass is 35.5. The zero-order valence-electron chi connectivity index (χ0n) is 14.8. The second kappa shape index (κ2) is 8.61. The number of aryl methyl sites for hydroxylation is 1. The Morgan fingerprint density at radius 1 is 1.38 bits per heavy atom. The van der Waals surface area contributed by atoms with E-state index in [2.05, 4.69) is 16.4 Å². The molecule has 0 radical (unpaired) electrons. The number of aromatic nitrogens is 2. The number of halogens is 1. The third-order valence-electron chi connectivity index (χ3n) is 4.06. The van der Waals surface area contributed by atoms with E-state index in [-0.39, 0.29) is 23.6 Å². The minimum Gasteiger partial charge on any atom is -0.384 e. The first-order valence-corrected chi connectivity index (χ1v) is 8.85. The van der Waals surface area contributed by atoms with Gasteiger partial charge in [-0.3, -0.25) is 9.55 Å². The number of nitrogens with two attached hydrogens (primary N) is 2. The molecule has 2 atom stereocenters. The van der Waals surface area contributed by atoms with Crippen molar-refractivity contribution in [3.63, 3.8) is 0 Å². The van der Waals surface area contributed by atoms with Gasteiger partial charge < -0.3 is 16.8 Å². The predicted molar refractivity (Wildman–Crippen MR) is 104 cm³/mol. The Kier molecular flexibility index (Phi) is 6.50. The summed E-state index contributed by atoms with van der Waals surface area (Å²) >= 11 is 6.30. The van der Waals surface area contributed by atoms with Gasteiger partial charge in [-0.15, -0.1) is 0 Å². The number of rotatable bonds is 4. The van der Waals surface area contributed by atoms with Gasteiger partial charge in [-0.05, 0) is 30.3 Å². The molecule has 8 heteroatoms. The van der Waals surface area contributed by atoms with Gasteiger partial charge in [0, 0.05) is 11.4 Å². The van der Waals surface area contributed by atoms with Crippen LogP contribution >= 0.6 is 11.6 Å². The minimum absolute atomic E-state index is 0.235. The van der Waals surface area contributed by atoms with E-state index in [4.69, 9.17) is 28.3 Å². The van der Waals surface area contributed by atoms with E-state index in [0.717, 1.165) is 5.56 Å². The van der Waals surface area contributed by atoms with Crippen LogP contribution in [0.1, 0.15) is 37.4 Å². The smallest absolute Gasteiger partial charge is 0.331 e. The molecule has 3 rings (SSSR count). The second-order valence-corrected chi connectivity index (χ2v) is 5.98. The van der Waals surface area contributed by atoms with Gasteiger partial charge in [-0.25, -0.2) is 4.79 Å². The first kappa shape index (κ1) is 19.6. The highest BCUT2D eigenvalue weighted by Gasteiger charge is 2.28. The van der Waals surface area contributed by atoms with E-state index in [1.165, 1.54) is 4.57 Å². The monoisotopic (exact) mass is 374 g/mol. The van der Waals surface area contributed by atoms with Gasteiger partial charge in [0.05, 0.1) is 29.5 Å². The van der Waals surface area contributed by atoms with Crippen molar-refractivity contribution in [1.29, 1.82) is 5.26 Å². The number of benzene rings is 1. The largest absolute Gasteiger partial charge is 0.384 e. The molecule has 1 aromatic carbocycles. The van der Waals surface area contributed by atoms with Crippen molar-refractivity contribution < 1.29 is 0 Å². The molecular weight excluding hydrogens is 352 g/mol. The van der Waals surface area contributed by atoms with Crippen LogP contribution in [0.5, 0.6) is 0 Å². The number of nitrogens with zero attached hydrogens (tertiary/aromatic N) is 2. The topological polar surface area (TPSA) is 126 Å². The molecule has 6 N–H and O–H groups in total. The van der Waals surface area contributed by atoms with Crippen molar-refractivity contribution in [3.05, 3.63) is 57.2 Å². The number of H-pyrrole nitrogens is 1. The molecule has 0 amide bonds. The molecule has 2 aromatic rings. The van der Waals surface area contributed by atoms with Gasteiger partial charge in [0.25, 0.3) is 0 Å². The van der Waals surface area contributed by atoms with Crippen LogP contribution in [0.2, 0.25) is 5.02 Å². The number of nitriles is 1. The number of aromatic amines is 1. The molecule has 0 bridgehead atoms. The van der Waals surface area contributed by atoms with Crippen LogP contribution < -0.4 is 22.5 Å². The van der Waals surface area contributed by atoms with Crippen LogP contribution in [0.4, 0.5) is 5.82 Å². The standard InChI is InChI=1S/C16H17ClN6O.C2H6/c17-12-8-10(4-3-9(12)2-1-6-18)23-13(15(20)22-16(23)24)11-5-7-21-14(11)19;1-2/h3-5,7-8,11,14,21H,1-2,19-20H2,(H,22,24);1-2H3. The molecule has 1 aliphatic rings. The maximum atomic E-state index is 12.3. The number of hydrogen-bond acceptors (Lipinski definition) is 5. The second-order valence-electron chi connectivity index (χ2n) is 5.58. The molecule has 138 valence electrons. The van der Waals surface area contributed by atoms with Crippen molar-refractivity contribution in [2.24, 2.45) is 5.73 Å². The fourth-order valence-corrected chi connectivity index (χ4v) is 3.14. The van der Waals surface area contributed by atoms with Gasteiger partial charge in [0.2, 0.25) is 0 Å². The molecular formula is C18H23ClN6O. The summed E-state index contributed by atoms with van der Waals surface area (Å²) in [6.45, 7) is 4.00. The first-order chi connectivity index (χ1) is 12.5. The lowest BCUT2D eigenvalue weighted by molar-refractivity contribution is 0.577. The Bertz CT molecular complexity index is 892. The molecule has 0 spiro atoms. The van der Waals surface area contributed by atoms with E-state index < -0.39 is 0 Å². The lowest BCUT2D eigenvalue weighted by Gasteiger charge is -2.18. The average Bonchev–Trinajstić information content (AvgIpc) is 3.17. The Morgan fingerprint density at radius 2 is 2.12 bits per heavy atom. The fourth-order valence-electron chi connectivity index (χ4n) is 2.87. The molecule has 2 unspecified atom stereocenters. The van der Waals surface area contributed by atoms with Crippen LogP contribution in [0, 0.1) is 11.3 Å². The summed E-state index contributed by atoms with van der Waals surface area (Å²) in [6, 6.07) is 7.39. The highest BCUT2D eigenvalue weighted by Crippen LogP contribution is 2.29. The van der Waals surface area contributed by atoms with Crippen molar-refractivity contribution in [2.75, 3.05) is 5.73 Å². The number of nitrogens with one attached hydrogen (secondary N) is 2. The Labute approximate surface area is 157 Å². The molecule has 7 nitrogen and oxygen atoms in total. The van der Waals surface area contributed by atoms with E-state index >= 15 is 0 Å². The van der Waals surface area contributed by atoms with Gasteiger partial charge in [0.15, 0.2) is 0 Å². The summed E-state index contributed by atoms with van der Waals surface area (Å²) in [5.41, 5.74) is 13.7. The molecule has 0 saturated carbocycles. The van der Waals surface area contributed by atoms with E-state index in [1.807, 2.05) is 26.0 Å². The Hall–Kier alpha value is -2.69. The molecule has 0 aliphatic carbocycles. The third-order valence-corrected chi connectivity index (χ3v) is 4.41. The van der Waals surface area contributed by atoms with Crippen LogP contribution in [-0.4, -0.2) is 15.7 Å². The predicted octanol–water partition coefficient (Wildman–Crippen LogP) is 2.37. The first-order valence-electron chi connectivity index (χ1n) is 8.47. The number of imidazole rings is 1. The lowest BCUT2D eigenvalue weighted by atomic mass is 10.0. The van der Waals surface area contributed by atoms with Gasteiger partial charge in [-0.2, -0.15) is 5.26 Å².